The molecule has 0 atom stereocenters. The smallest absolute Gasteiger partial charge is 0.453 e. The first kappa shape index (κ1) is 27.9. The SMILES string of the molecule is CCC(O)(O)C(=O)/C=C/c1ccc(OC(=O)c2ccc(OCCCC(F)(F)C(F)(F)F)cc2)cc1. The van der Waals surface area contributed by atoms with Crippen LogP contribution in [0.5, 0.6) is 11.5 Å². The van der Waals surface area contributed by atoms with E-state index in [0.29, 0.717) is 5.56 Å². The van der Waals surface area contributed by atoms with Crippen molar-refractivity contribution < 1.29 is 51.2 Å². The first-order valence-electron chi connectivity index (χ1n) is 10.4. The zero-order chi connectivity index (χ0) is 26.3. The standard InChI is InChI=1S/C24H23F5O6/c1-2-22(32,33)20(30)13-6-16-4-9-19(10-5-16)35-21(31)17-7-11-18(12-8-17)34-15-3-14-23(25,26)24(27,28)29/h4-13,32-33H,2-3,14-15H2,1H3/b13-6+. The van der Waals surface area contributed by atoms with Gasteiger partial charge in [-0.2, -0.15) is 22.0 Å². The second-order valence-corrected chi connectivity index (χ2v) is 7.50. The topological polar surface area (TPSA) is 93.1 Å². The Hall–Kier alpha value is -3.31. The van der Waals surface area contributed by atoms with Crippen molar-refractivity contribution in [1.29, 1.82) is 0 Å². The number of ketones is 1. The number of hydrogen-bond donors (Lipinski definition) is 2. The van der Waals surface area contributed by atoms with E-state index in [2.05, 4.69) is 0 Å². The summed E-state index contributed by atoms with van der Waals surface area (Å²) in [5.41, 5.74) is 0.678. The number of rotatable bonds is 11. The predicted octanol–water partition coefficient (Wildman–Crippen LogP) is 4.94. The average molecular weight is 502 g/mol. The molecular weight excluding hydrogens is 479 g/mol. The number of ether oxygens (including phenoxy) is 2. The molecule has 0 fully saturated rings. The molecule has 0 bridgehead atoms. The number of alkyl halides is 5. The summed E-state index contributed by atoms with van der Waals surface area (Å²) in [5, 5.41) is 18.9. The highest BCUT2D eigenvalue weighted by Crippen LogP contribution is 2.38. The Bertz CT molecular complexity index is 1030. The second kappa shape index (κ2) is 11.4. The molecule has 0 unspecified atom stereocenters. The van der Waals surface area contributed by atoms with E-state index in [1.54, 1.807) is 0 Å². The van der Waals surface area contributed by atoms with Crippen molar-refractivity contribution in [2.45, 2.75) is 44.1 Å². The fourth-order valence-corrected chi connectivity index (χ4v) is 2.61. The monoisotopic (exact) mass is 502 g/mol. The molecule has 0 radical (unpaired) electrons. The van der Waals surface area contributed by atoms with Gasteiger partial charge in [0, 0.05) is 12.8 Å². The highest BCUT2D eigenvalue weighted by Gasteiger charge is 2.56. The molecule has 6 nitrogen and oxygen atoms in total. The number of esters is 1. The van der Waals surface area contributed by atoms with E-state index in [-0.39, 0.29) is 30.1 Å². The summed E-state index contributed by atoms with van der Waals surface area (Å²) in [4.78, 5) is 23.9. The molecule has 0 saturated heterocycles. The molecule has 0 aliphatic carbocycles. The molecule has 0 saturated carbocycles. The number of benzene rings is 2. The van der Waals surface area contributed by atoms with E-state index >= 15 is 0 Å². The van der Waals surface area contributed by atoms with Crippen LogP contribution in [0.3, 0.4) is 0 Å². The lowest BCUT2D eigenvalue weighted by Crippen LogP contribution is -2.36. The van der Waals surface area contributed by atoms with Crippen LogP contribution in [0.1, 0.15) is 42.1 Å². The van der Waals surface area contributed by atoms with E-state index in [1.165, 1.54) is 61.5 Å². The Balaban J connectivity index is 1.86. The van der Waals surface area contributed by atoms with Crippen LogP contribution in [0.25, 0.3) is 6.08 Å². The summed E-state index contributed by atoms with van der Waals surface area (Å²) < 4.78 is 72.5. The minimum atomic E-state index is -5.60. The normalized spacial score (nSPS) is 12.6. The summed E-state index contributed by atoms with van der Waals surface area (Å²) in [6.45, 7) is 1.08. The maximum Gasteiger partial charge on any atom is 0.453 e. The summed E-state index contributed by atoms with van der Waals surface area (Å²) in [6.07, 6.45) is -5.29. The van der Waals surface area contributed by atoms with Crippen molar-refractivity contribution in [3.63, 3.8) is 0 Å². The molecule has 0 aromatic heterocycles. The lowest BCUT2D eigenvalue weighted by atomic mass is 10.1. The summed E-state index contributed by atoms with van der Waals surface area (Å²) in [5.74, 6) is -8.43. The van der Waals surface area contributed by atoms with Crippen LogP contribution in [0.4, 0.5) is 22.0 Å². The number of carbonyl (C=O) groups is 2. The molecule has 0 aliphatic rings. The van der Waals surface area contributed by atoms with Gasteiger partial charge in [-0.05, 0) is 54.5 Å². The van der Waals surface area contributed by atoms with Gasteiger partial charge in [0.15, 0.2) is 0 Å². The highest BCUT2D eigenvalue weighted by molar-refractivity contribution is 5.98. The quantitative estimate of drug-likeness (QED) is 0.113. The Morgan fingerprint density at radius 1 is 0.914 bits per heavy atom. The maximum absolute atomic E-state index is 12.9. The van der Waals surface area contributed by atoms with Crippen molar-refractivity contribution >= 4 is 17.8 Å². The van der Waals surface area contributed by atoms with Crippen LogP contribution in [0, 0.1) is 0 Å². The lowest BCUT2D eigenvalue weighted by Gasteiger charge is -2.19. The van der Waals surface area contributed by atoms with E-state index in [4.69, 9.17) is 9.47 Å². The molecule has 190 valence electrons. The minimum absolute atomic E-state index is 0.136. The van der Waals surface area contributed by atoms with Gasteiger partial charge in [0.2, 0.25) is 11.6 Å². The lowest BCUT2D eigenvalue weighted by molar-refractivity contribution is -0.284. The van der Waals surface area contributed by atoms with Gasteiger partial charge in [0.1, 0.15) is 11.5 Å². The van der Waals surface area contributed by atoms with Gasteiger partial charge in [-0.25, -0.2) is 4.79 Å². The number of carbonyl (C=O) groups excluding carboxylic acids is 2. The molecule has 0 aliphatic heterocycles. The summed E-state index contributed by atoms with van der Waals surface area (Å²) in [6, 6.07) is 11.4. The first-order chi connectivity index (χ1) is 16.2. The molecule has 35 heavy (non-hydrogen) atoms. The van der Waals surface area contributed by atoms with Crippen molar-refractivity contribution in [3.8, 4) is 11.5 Å². The zero-order valence-electron chi connectivity index (χ0n) is 18.5. The van der Waals surface area contributed by atoms with Gasteiger partial charge in [-0.15, -0.1) is 0 Å². The Labute approximate surface area is 197 Å². The minimum Gasteiger partial charge on any atom is -0.494 e. The summed E-state index contributed by atoms with van der Waals surface area (Å²) in [7, 11) is 0. The fourth-order valence-electron chi connectivity index (χ4n) is 2.61. The Morgan fingerprint density at radius 2 is 1.49 bits per heavy atom. The molecule has 0 heterocycles. The van der Waals surface area contributed by atoms with Gasteiger partial charge in [0.25, 0.3) is 0 Å². The molecule has 0 spiro atoms. The van der Waals surface area contributed by atoms with Crippen molar-refractivity contribution in [2.24, 2.45) is 0 Å². The Morgan fingerprint density at radius 3 is 2.03 bits per heavy atom. The summed E-state index contributed by atoms with van der Waals surface area (Å²) >= 11 is 0. The third-order valence-corrected chi connectivity index (χ3v) is 4.81. The zero-order valence-corrected chi connectivity index (χ0v) is 18.5. The van der Waals surface area contributed by atoms with E-state index < -0.39 is 42.5 Å². The highest BCUT2D eigenvalue weighted by atomic mass is 19.4. The molecule has 0 amide bonds. The van der Waals surface area contributed by atoms with Crippen molar-refractivity contribution in [2.75, 3.05) is 6.61 Å². The maximum atomic E-state index is 12.9. The van der Waals surface area contributed by atoms with Crippen LogP contribution >= 0.6 is 0 Å². The third-order valence-electron chi connectivity index (χ3n) is 4.81. The molecule has 2 rings (SSSR count). The third kappa shape index (κ3) is 8.15. The first-order valence-corrected chi connectivity index (χ1v) is 10.4. The predicted molar refractivity (Wildman–Crippen MR) is 115 cm³/mol. The van der Waals surface area contributed by atoms with Crippen LogP contribution in [0.15, 0.2) is 54.6 Å². The van der Waals surface area contributed by atoms with Gasteiger partial charge in [0.05, 0.1) is 12.2 Å². The number of hydrogen-bond acceptors (Lipinski definition) is 6. The van der Waals surface area contributed by atoms with Gasteiger partial charge < -0.3 is 19.7 Å². The van der Waals surface area contributed by atoms with E-state index in [1.807, 2.05) is 0 Å². The molecular formula is C24H23F5O6. The fraction of sp³-hybridized carbons (Fsp3) is 0.333. The van der Waals surface area contributed by atoms with Crippen LogP contribution in [-0.4, -0.2) is 46.5 Å². The van der Waals surface area contributed by atoms with Gasteiger partial charge >= 0.3 is 18.1 Å². The van der Waals surface area contributed by atoms with Crippen LogP contribution in [-0.2, 0) is 4.79 Å². The van der Waals surface area contributed by atoms with E-state index in [9.17, 15) is 41.8 Å². The molecule has 2 N–H and O–H groups in total. The number of halogens is 5. The van der Waals surface area contributed by atoms with Gasteiger partial charge in [-0.3, -0.25) is 4.79 Å². The molecule has 11 heteroatoms. The molecule has 2 aromatic rings. The Kier molecular flexibility index (Phi) is 9.11. The van der Waals surface area contributed by atoms with Crippen molar-refractivity contribution in [3.05, 3.63) is 65.7 Å². The van der Waals surface area contributed by atoms with Crippen LogP contribution in [0.2, 0.25) is 0 Å². The molecule has 2 aromatic carbocycles. The average Bonchev–Trinajstić information content (AvgIpc) is 2.80. The largest absolute Gasteiger partial charge is 0.494 e. The van der Waals surface area contributed by atoms with E-state index in [0.717, 1.165) is 6.08 Å². The number of aliphatic hydroxyl groups is 2. The van der Waals surface area contributed by atoms with Crippen LogP contribution < -0.4 is 9.47 Å². The second-order valence-electron chi connectivity index (χ2n) is 7.50. The van der Waals surface area contributed by atoms with Crippen molar-refractivity contribution in [1.82, 2.24) is 0 Å². The van der Waals surface area contributed by atoms with Gasteiger partial charge in [-0.1, -0.05) is 25.1 Å².